The molecule has 2 aromatic heterocycles. The molecule has 0 radical (unpaired) electrons. The molecule has 0 spiro atoms. The third kappa shape index (κ3) is 4.19. The quantitative estimate of drug-likeness (QED) is 0.433. The molecule has 2 aliphatic heterocycles. The van der Waals surface area contributed by atoms with Gasteiger partial charge in [-0.05, 0) is 73.0 Å². The molecule has 4 aromatic rings. The number of amides is 1. The number of carbonyl (C=O) groups is 1. The van der Waals surface area contributed by atoms with Gasteiger partial charge < -0.3 is 19.5 Å². The predicted octanol–water partition coefficient (Wildman–Crippen LogP) is 4.88. The number of fused-ring (bicyclic) bond motifs is 2. The number of ether oxygens (including phenoxy) is 3. The highest BCUT2D eigenvalue weighted by Crippen LogP contribution is 2.38. The highest BCUT2D eigenvalue weighted by Gasteiger charge is 2.25. The number of anilines is 1. The van der Waals surface area contributed by atoms with Crippen LogP contribution in [0, 0.1) is 0 Å². The normalized spacial score (nSPS) is 16.5. The van der Waals surface area contributed by atoms with E-state index in [0.29, 0.717) is 31.0 Å². The average molecular weight is 469 g/mol. The molecular weight excluding hydrogens is 444 g/mol. The minimum absolute atomic E-state index is 0.0203. The minimum Gasteiger partial charge on any atom is -0.497 e. The van der Waals surface area contributed by atoms with Crippen molar-refractivity contribution in [1.29, 1.82) is 0 Å². The molecule has 1 unspecified atom stereocenters. The Kier molecular flexibility index (Phi) is 5.33. The van der Waals surface area contributed by atoms with E-state index < -0.39 is 0 Å². The highest BCUT2D eigenvalue weighted by atomic mass is 16.5. The summed E-state index contributed by atoms with van der Waals surface area (Å²) in [5, 5.41) is 10.5. The van der Waals surface area contributed by atoms with Crippen LogP contribution in [0.15, 0.2) is 60.8 Å². The zero-order chi connectivity index (χ0) is 23.8. The average Bonchev–Trinajstić information content (AvgIpc) is 3.39. The van der Waals surface area contributed by atoms with Crippen molar-refractivity contribution < 1.29 is 19.0 Å². The lowest BCUT2D eigenvalue weighted by atomic mass is 9.93. The molecule has 0 saturated carbocycles. The maximum Gasteiger partial charge on any atom is 0.225 e. The molecule has 1 amide bonds. The van der Waals surface area contributed by atoms with Gasteiger partial charge in [0.15, 0.2) is 0 Å². The Hall–Kier alpha value is -4.33. The fraction of sp³-hybridized carbons (Fsp3) is 0.222. The van der Waals surface area contributed by atoms with Crippen LogP contribution in [0.25, 0.3) is 11.3 Å². The molecule has 176 valence electrons. The van der Waals surface area contributed by atoms with Crippen molar-refractivity contribution in [2.45, 2.75) is 25.2 Å². The molecule has 6 rings (SSSR count). The monoisotopic (exact) mass is 468 g/mol. The minimum atomic E-state index is -0.0203. The smallest absolute Gasteiger partial charge is 0.225 e. The van der Waals surface area contributed by atoms with Crippen LogP contribution in [0.4, 0.5) is 5.82 Å². The van der Waals surface area contributed by atoms with E-state index in [1.54, 1.807) is 13.3 Å². The first-order valence-corrected chi connectivity index (χ1v) is 11.6. The maximum absolute atomic E-state index is 11.7. The van der Waals surface area contributed by atoms with Crippen molar-refractivity contribution in [3.63, 3.8) is 0 Å². The van der Waals surface area contributed by atoms with E-state index in [0.717, 1.165) is 51.7 Å². The number of nitrogens with one attached hydrogen (secondary N) is 2. The van der Waals surface area contributed by atoms with Gasteiger partial charge in [-0.25, -0.2) is 4.98 Å². The van der Waals surface area contributed by atoms with E-state index >= 15 is 0 Å². The Morgan fingerprint density at radius 1 is 1.03 bits per heavy atom. The molecule has 0 fully saturated rings. The number of hydrogen-bond donors (Lipinski definition) is 2. The molecule has 2 aromatic carbocycles. The van der Waals surface area contributed by atoms with Crippen molar-refractivity contribution in [3.05, 3.63) is 77.6 Å². The van der Waals surface area contributed by atoms with Crippen LogP contribution in [0.1, 0.15) is 29.2 Å². The predicted molar refractivity (Wildman–Crippen MR) is 130 cm³/mol. The molecule has 0 saturated heterocycles. The second kappa shape index (κ2) is 8.79. The lowest BCUT2D eigenvalue weighted by molar-refractivity contribution is -0.116. The molecule has 2 N–H and O–H groups in total. The van der Waals surface area contributed by atoms with Crippen molar-refractivity contribution in [2.75, 3.05) is 19.0 Å². The summed E-state index contributed by atoms with van der Waals surface area (Å²) < 4.78 is 17.5. The number of rotatable bonds is 5. The Balaban J connectivity index is 1.20. The first-order valence-electron chi connectivity index (χ1n) is 11.6. The summed E-state index contributed by atoms with van der Waals surface area (Å²) in [5.41, 5.74) is 4.95. The molecule has 0 bridgehead atoms. The van der Waals surface area contributed by atoms with Gasteiger partial charge in [0.05, 0.1) is 19.4 Å². The van der Waals surface area contributed by atoms with E-state index in [1.807, 2.05) is 48.5 Å². The number of aromatic nitrogens is 3. The number of aromatic amines is 1. The number of carbonyl (C=O) groups excluding carboxylic acids is 1. The molecular formula is C27H24N4O4. The first-order chi connectivity index (χ1) is 17.2. The van der Waals surface area contributed by atoms with Crippen LogP contribution >= 0.6 is 0 Å². The zero-order valence-electron chi connectivity index (χ0n) is 19.2. The molecule has 8 nitrogen and oxygen atoms in total. The van der Waals surface area contributed by atoms with Crippen LogP contribution in [-0.2, 0) is 17.6 Å². The summed E-state index contributed by atoms with van der Waals surface area (Å²) >= 11 is 0. The zero-order valence-corrected chi connectivity index (χ0v) is 19.2. The van der Waals surface area contributed by atoms with Gasteiger partial charge in [0.2, 0.25) is 5.91 Å². The van der Waals surface area contributed by atoms with Crippen molar-refractivity contribution in [1.82, 2.24) is 15.2 Å². The second-order valence-electron chi connectivity index (χ2n) is 8.71. The standard InChI is InChI=1S/C27H24N4O4/c1-33-19-4-2-16(3-5-19)22-14-23(31-30-22)18-12-17-13-20(6-8-24(17)34-15-18)35-25-10-11-28-27-21(25)7-9-26(32)29-27/h2-6,8,10-11,13-14,18H,7,9,12,15H2,1H3,(H,30,31)(H,28,29,32). The molecule has 0 aliphatic carbocycles. The maximum atomic E-state index is 11.7. The Morgan fingerprint density at radius 3 is 2.74 bits per heavy atom. The summed E-state index contributed by atoms with van der Waals surface area (Å²) in [7, 11) is 1.66. The van der Waals surface area contributed by atoms with Crippen LogP contribution in [0.5, 0.6) is 23.0 Å². The Labute approximate surface area is 202 Å². The first kappa shape index (κ1) is 21.2. The number of pyridine rings is 1. The highest BCUT2D eigenvalue weighted by molar-refractivity contribution is 5.93. The van der Waals surface area contributed by atoms with E-state index in [1.165, 1.54) is 0 Å². The number of nitrogens with zero attached hydrogens (tertiary/aromatic N) is 2. The van der Waals surface area contributed by atoms with Gasteiger partial charge in [-0.3, -0.25) is 9.89 Å². The fourth-order valence-electron chi connectivity index (χ4n) is 4.57. The third-order valence-corrected chi connectivity index (χ3v) is 6.46. The summed E-state index contributed by atoms with van der Waals surface area (Å²) in [6, 6.07) is 17.7. The lowest BCUT2D eigenvalue weighted by Gasteiger charge is -2.25. The number of hydrogen-bond acceptors (Lipinski definition) is 6. The van der Waals surface area contributed by atoms with Crippen LogP contribution in [-0.4, -0.2) is 34.8 Å². The van der Waals surface area contributed by atoms with E-state index in [-0.39, 0.29) is 11.8 Å². The summed E-state index contributed by atoms with van der Waals surface area (Å²) in [5.74, 6) is 3.83. The van der Waals surface area contributed by atoms with Gasteiger partial charge >= 0.3 is 0 Å². The van der Waals surface area contributed by atoms with Gasteiger partial charge in [-0.15, -0.1) is 0 Å². The topological polar surface area (TPSA) is 98.4 Å². The Morgan fingerprint density at radius 2 is 1.89 bits per heavy atom. The number of methoxy groups -OCH3 is 1. The largest absolute Gasteiger partial charge is 0.497 e. The van der Waals surface area contributed by atoms with Gasteiger partial charge in [-0.1, -0.05) is 0 Å². The van der Waals surface area contributed by atoms with Crippen molar-refractivity contribution in [3.8, 4) is 34.3 Å². The van der Waals surface area contributed by atoms with Crippen molar-refractivity contribution >= 4 is 11.7 Å². The molecule has 8 heteroatoms. The van der Waals surface area contributed by atoms with E-state index in [4.69, 9.17) is 14.2 Å². The second-order valence-corrected chi connectivity index (χ2v) is 8.71. The lowest BCUT2D eigenvalue weighted by Crippen LogP contribution is -2.20. The molecule has 4 heterocycles. The summed E-state index contributed by atoms with van der Waals surface area (Å²) in [6.45, 7) is 0.578. The number of benzene rings is 2. The van der Waals surface area contributed by atoms with Gasteiger partial charge in [-0.2, -0.15) is 5.10 Å². The number of H-pyrrole nitrogens is 1. The SMILES string of the molecule is COc1ccc(-c2cc(C3COc4ccc(Oc5ccnc6c5CCC(=O)N6)cc4C3)[nH]n2)cc1. The fourth-order valence-corrected chi connectivity index (χ4v) is 4.57. The molecule has 1 atom stereocenters. The van der Waals surface area contributed by atoms with Gasteiger partial charge in [0, 0.05) is 35.4 Å². The summed E-state index contributed by atoms with van der Waals surface area (Å²) in [4.78, 5) is 16.0. The molecule has 2 aliphatic rings. The Bertz CT molecular complexity index is 1400. The van der Waals surface area contributed by atoms with Gasteiger partial charge in [0.1, 0.15) is 28.8 Å². The van der Waals surface area contributed by atoms with E-state index in [9.17, 15) is 4.79 Å². The summed E-state index contributed by atoms with van der Waals surface area (Å²) in [6.07, 6.45) is 3.49. The van der Waals surface area contributed by atoms with Crippen LogP contribution < -0.4 is 19.5 Å². The van der Waals surface area contributed by atoms with Crippen LogP contribution in [0.2, 0.25) is 0 Å². The van der Waals surface area contributed by atoms with Gasteiger partial charge in [0.25, 0.3) is 0 Å². The molecule has 35 heavy (non-hydrogen) atoms. The van der Waals surface area contributed by atoms with E-state index in [2.05, 4.69) is 26.6 Å². The van der Waals surface area contributed by atoms with Crippen molar-refractivity contribution in [2.24, 2.45) is 0 Å². The van der Waals surface area contributed by atoms with Crippen LogP contribution in [0.3, 0.4) is 0 Å². The third-order valence-electron chi connectivity index (χ3n) is 6.46.